The van der Waals surface area contributed by atoms with Crippen molar-refractivity contribution in [2.75, 3.05) is 0 Å². The van der Waals surface area contributed by atoms with Crippen molar-refractivity contribution in [1.82, 2.24) is 19.5 Å². The van der Waals surface area contributed by atoms with Gasteiger partial charge in [-0.05, 0) is 69.0 Å². The normalized spacial score (nSPS) is 14.2. The molecule has 4 heterocycles. The van der Waals surface area contributed by atoms with Crippen molar-refractivity contribution in [2.45, 2.75) is 24.9 Å². The summed E-state index contributed by atoms with van der Waals surface area (Å²) < 4.78 is 2.10. The Hall–Kier alpha value is -5.65. The predicted octanol–water partition coefficient (Wildman–Crippen LogP) is 9.44. The zero-order valence-corrected chi connectivity index (χ0v) is 27.7. The molecule has 0 aliphatic carbocycles. The summed E-state index contributed by atoms with van der Waals surface area (Å²) in [5.41, 5.74) is 10.1. The maximum absolute atomic E-state index is 5.04. The van der Waals surface area contributed by atoms with E-state index in [2.05, 4.69) is 78.4 Å². The molecule has 1 saturated heterocycles. The highest BCUT2D eigenvalue weighted by atomic mass is 28.3. The zero-order chi connectivity index (χ0) is 32.2. The lowest BCUT2D eigenvalue weighted by atomic mass is 9.97. The number of fused-ring (bicyclic) bond motifs is 6. The van der Waals surface area contributed by atoms with Crippen molar-refractivity contribution in [3.05, 3.63) is 146 Å². The molecule has 1 fully saturated rings. The molecule has 0 saturated carbocycles. The summed E-state index contributed by atoms with van der Waals surface area (Å²) in [7, 11) is -1.64. The summed E-state index contributed by atoms with van der Waals surface area (Å²) in [5, 5.41) is 4.37. The summed E-state index contributed by atoms with van der Waals surface area (Å²) in [6.07, 6.45) is 6.51. The maximum Gasteiger partial charge on any atom is 0.238 e. The minimum atomic E-state index is -1.64. The number of aromatic nitrogens is 4. The predicted molar refractivity (Wildman–Crippen MR) is 202 cm³/mol. The van der Waals surface area contributed by atoms with Crippen LogP contribution in [-0.2, 0) is 0 Å². The summed E-state index contributed by atoms with van der Waals surface area (Å²) in [6.45, 7) is 8.45. The standard InChI is InChI=1S/C43H34N4Si/c1-3-33-35-27-31(32-22-24-40-36(28-32)34-19-11-12-20-39(34)48(40)25-13-14-26-48)21-23-38(35)47(37(33)4-2)43-45-41(29-15-7-5-8-16-29)44-42(46-43)30-17-9-6-10-18-30/h3-12,15-24,27-28H,1-2,13-14,25-26H2. The van der Waals surface area contributed by atoms with Crippen LogP contribution in [0.25, 0.3) is 74.0 Å². The summed E-state index contributed by atoms with van der Waals surface area (Å²) >= 11 is 0. The Morgan fingerprint density at radius 1 is 0.562 bits per heavy atom. The lowest BCUT2D eigenvalue weighted by Crippen LogP contribution is -2.52. The number of rotatable bonds is 6. The Morgan fingerprint density at radius 2 is 1.17 bits per heavy atom. The second-order valence-electron chi connectivity index (χ2n) is 12.9. The van der Waals surface area contributed by atoms with Gasteiger partial charge in [-0.3, -0.25) is 4.57 Å². The molecule has 0 unspecified atom stereocenters. The van der Waals surface area contributed by atoms with Crippen LogP contribution in [0.1, 0.15) is 24.1 Å². The molecule has 7 aromatic rings. The van der Waals surface area contributed by atoms with E-state index in [9.17, 15) is 0 Å². The quantitative estimate of drug-likeness (QED) is 0.171. The van der Waals surface area contributed by atoms with Gasteiger partial charge in [0.25, 0.3) is 0 Å². The first-order chi connectivity index (χ1) is 23.7. The highest BCUT2D eigenvalue weighted by Crippen LogP contribution is 2.41. The van der Waals surface area contributed by atoms with Gasteiger partial charge in [0.05, 0.1) is 11.2 Å². The van der Waals surface area contributed by atoms with Gasteiger partial charge in [0, 0.05) is 22.1 Å². The van der Waals surface area contributed by atoms with Gasteiger partial charge in [0.1, 0.15) is 8.07 Å². The van der Waals surface area contributed by atoms with E-state index in [1.807, 2.05) is 72.8 Å². The first-order valence-electron chi connectivity index (χ1n) is 16.7. The lowest BCUT2D eigenvalue weighted by molar-refractivity contribution is 0.926. The van der Waals surface area contributed by atoms with Crippen molar-refractivity contribution in [1.29, 1.82) is 0 Å². The van der Waals surface area contributed by atoms with E-state index < -0.39 is 8.07 Å². The number of hydrogen-bond donors (Lipinski definition) is 0. The Labute approximate surface area is 281 Å². The third-order valence-electron chi connectivity index (χ3n) is 10.4. The smallest absolute Gasteiger partial charge is 0.238 e. The maximum atomic E-state index is 5.04. The Balaban J connectivity index is 1.22. The monoisotopic (exact) mass is 634 g/mol. The third-order valence-corrected chi connectivity index (χ3v) is 15.7. The molecule has 0 radical (unpaired) electrons. The van der Waals surface area contributed by atoms with E-state index >= 15 is 0 Å². The summed E-state index contributed by atoms with van der Waals surface area (Å²) in [5.74, 6) is 1.79. The Bertz CT molecular complexity index is 2330. The van der Waals surface area contributed by atoms with Gasteiger partial charge < -0.3 is 0 Å². The van der Waals surface area contributed by atoms with Crippen LogP contribution < -0.4 is 10.4 Å². The molecule has 0 amide bonds. The molecule has 2 aromatic heterocycles. The minimum absolute atomic E-state index is 0.546. The van der Waals surface area contributed by atoms with Gasteiger partial charge >= 0.3 is 0 Å². The molecule has 5 heteroatoms. The number of hydrogen-bond acceptors (Lipinski definition) is 3. The highest BCUT2D eigenvalue weighted by Gasteiger charge is 2.46. The van der Waals surface area contributed by atoms with E-state index in [4.69, 9.17) is 15.0 Å². The van der Waals surface area contributed by atoms with Gasteiger partial charge in [-0.15, -0.1) is 0 Å². The Morgan fingerprint density at radius 3 is 1.83 bits per heavy atom. The van der Waals surface area contributed by atoms with E-state index in [0.717, 1.165) is 33.3 Å². The van der Waals surface area contributed by atoms with Crippen LogP contribution in [0.15, 0.2) is 134 Å². The molecular weight excluding hydrogens is 601 g/mol. The molecule has 2 aliphatic heterocycles. The van der Waals surface area contributed by atoms with E-state index in [0.29, 0.717) is 17.6 Å². The topological polar surface area (TPSA) is 43.6 Å². The molecule has 4 nitrogen and oxygen atoms in total. The van der Waals surface area contributed by atoms with Crippen LogP contribution in [0.3, 0.4) is 0 Å². The van der Waals surface area contributed by atoms with Crippen molar-refractivity contribution in [3.63, 3.8) is 0 Å². The number of nitrogens with zero attached hydrogens (tertiary/aromatic N) is 4. The highest BCUT2D eigenvalue weighted by molar-refractivity contribution is 7.06. The first kappa shape index (κ1) is 28.6. The van der Waals surface area contributed by atoms with Crippen molar-refractivity contribution in [2.24, 2.45) is 0 Å². The van der Waals surface area contributed by atoms with Crippen LogP contribution in [0.5, 0.6) is 0 Å². The molecular formula is C43H34N4Si. The second-order valence-corrected chi connectivity index (χ2v) is 17.1. The first-order valence-corrected chi connectivity index (χ1v) is 19.2. The zero-order valence-electron chi connectivity index (χ0n) is 26.7. The van der Waals surface area contributed by atoms with Gasteiger partial charge in [-0.2, -0.15) is 9.97 Å². The van der Waals surface area contributed by atoms with Crippen LogP contribution in [0.4, 0.5) is 0 Å². The van der Waals surface area contributed by atoms with E-state index in [1.54, 1.807) is 10.4 Å². The second kappa shape index (κ2) is 11.3. The van der Waals surface area contributed by atoms with Gasteiger partial charge in [0.2, 0.25) is 5.95 Å². The molecule has 2 aliphatic rings. The van der Waals surface area contributed by atoms with E-state index in [1.165, 1.54) is 47.2 Å². The molecule has 0 N–H and O–H groups in total. The average Bonchev–Trinajstić information content (AvgIpc) is 3.85. The molecule has 9 rings (SSSR count). The van der Waals surface area contributed by atoms with Gasteiger partial charge in [0.15, 0.2) is 11.6 Å². The van der Waals surface area contributed by atoms with Gasteiger partial charge in [-0.1, -0.05) is 135 Å². The molecule has 230 valence electrons. The third kappa shape index (κ3) is 4.31. The molecule has 5 aromatic carbocycles. The molecule has 0 bridgehead atoms. The molecule has 1 spiro atoms. The lowest BCUT2D eigenvalue weighted by Gasteiger charge is -2.23. The van der Waals surface area contributed by atoms with Crippen LogP contribution in [-0.4, -0.2) is 27.6 Å². The van der Waals surface area contributed by atoms with Crippen molar-refractivity contribution in [3.8, 4) is 51.0 Å². The minimum Gasteiger partial charge on any atom is -0.278 e. The van der Waals surface area contributed by atoms with E-state index in [-0.39, 0.29) is 0 Å². The Kier molecular flexibility index (Phi) is 6.69. The molecule has 0 atom stereocenters. The fourth-order valence-corrected chi connectivity index (χ4v) is 13.8. The van der Waals surface area contributed by atoms with Crippen LogP contribution in [0, 0.1) is 0 Å². The molecule has 48 heavy (non-hydrogen) atoms. The number of benzene rings is 5. The largest absolute Gasteiger partial charge is 0.278 e. The average molecular weight is 635 g/mol. The van der Waals surface area contributed by atoms with Crippen LogP contribution in [0.2, 0.25) is 12.1 Å². The fraction of sp³-hybridized carbons (Fsp3) is 0.0930. The SMILES string of the molecule is C=Cc1c(C=C)n(-c2nc(-c3ccccc3)nc(-c3ccccc3)n2)c2ccc(-c3ccc4c(c3)-c3ccccc3[Si]43CCCC3)cc12. The van der Waals surface area contributed by atoms with Crippen molar-refractivity contribution >= 4 is 41.5 Å². The van der Waals surface area contributed by atoms with Crippen LogP contribution >= 0.6 is 0 Å². The van der Waals surface area contributed by atoms with Gasteiger partial charge in [-0.25, -0.2) is 4.98 Å². The van der Waals surface area contributed by atoms with Crippen molar-refractivity contribution < 1.29 is 0 Å². The summed E-state index contributed by atoms with van der Waals surface area (Å²) in [4.78, 5) is 15.0. The fourth-order valence-electron chi connectivity index (χ4n) is 8.20. The summed E-state index contributed by atoms with van der Waals surface area (Å²) in [6, 6.07) is 46.1.